The molecule has 0 fully saturated rings. The van der Waals surface area contributed by atoms with E-state index in [0.717, 1.165) is 0 Å². The van der Waals surface area contributed by atoms with E-state index >= 15 is 0 Å². The highest BCUT2D eigenvalue weighted by Gasteiger charge is 2.34. The minimum absolute atomic E-state index is 0.0577. The van der Waals surface area contributed by atoms with Crippen molar-refractivity contribution in [2.75, 3.05) is 26.4 Å². The monoisotopic (exact) mass is 220 g/mol. The first-order chi connectivity index (χ1) is 7.10. The zero-order valence-corrected chi connectivity index (χ0v) is 9.87. The van der Waals surface area contributed by atoms with Gasteiger partial charge in [-0.05, 0) is 20.8 Å². The Bertz CT molecular complexity index is 164. The lowest BCUT2D eigenvalue weighted by Gasteiger charge is -2.31. The second kappa shape index (κ2) is 7.62. The van der Waals surface area contributed by atoms with Gasteiger partial charge in [0, 0.05) is 26.7 Å². The van der Waals surface area contributed by atoms with Gasteiger partial charge in [0.2, 0.25) is 0 Å². The molecule has 0 unspecified atom stereocenters. The van der Waals surface area contributed by atoms with Crippen LogP contribution < -0.4 is 0 Å². The summed E-state index contributed by atoms with van der Waals surface area (Å²) in [7, 11) is 0. The van der Waals surface area contributed by atoms with Crippen LogP contribution in [0.25, 0.3) is 0 Å². The number of hydrogen-bond acceptors (Lipinski definition) is 5. The van der Waals surface area contributed by atoms with Crippen LogP contribution in [-0.2, 0) is 23.7 Å². The molecule has 0 N–H and O–H groups in total. The SMILES string of the molecule is CCOC(COC(C)=O)(OCC)OCC. The van der Waals surface area contributed by atoms with Gasteiger partial charge in [-0.15, -0.1) is 0 Å². The number of carbonyl (C=O) groups is 1. The molecule has 0 aliphatic heterocycles. The van der Waals surface area contributed by atoms with Gasteiger partial charge in [-0.3, -0.25) is 4.79 Å². The minimum atomic E-state index is -1.26. The van der Waals surface area contributed by atoms with Crippen LogP contribution in [0.1, 0.15) is 27.7 Å². The van der Waals surface area contributed by atoms with E-state index in [2.05, 4.69) is 0 Å². The topological polar surface area (TPSA) is 54.0 Å². The van der Waals surface area contributed by atoms with Gasteiger partial charge in [-0.25, -0.2) is 0 Å². The molecule has 90 valence electrons. The highest BCUT2D eigenvalue weighted by Crippen LogP contribution is 2.16. The van der Waals surface area contributed by atoms with Crippen molar-refractivity contribution in [2.45, 2.75) is 33.7 Å². The first-order valence-corrected chi connectivity index (χ1v) is 5.15. The Balaban J connectivity index is 4.37. The molecule has 0 bridgehead atoms. The standard InChI is InChI=1S/C10H20O5/c1-5-13-10(14-6-2,15-7-3)8-12-9(4)11/h5-8H2,1-4H3. The van der Waals surface area contributed by atoms with Crippen LogP contribution in [0.4, 0.5) is 0 Å². The second-order valence-electron chi connectivity index (χ2n) is 2.76. The molecule has 0 aliphatic carbocycles. The maximum absolute atomic E-state index is 10.7. The average molecular weight is 220 g/mol. The Labute approximate surface area is 90.6 Å². The van der Waals surface area contributed by atoms with Crippen molar-refractivity contribution in [1.82, 2.24) is 0 Å². The van der Waals surface area contributed by atoms with Crippen molar-refractivity contribution >= 4 is 5.97 Å². The van der Waals surface area contributed by atoms with E-state index < -0.39 is 11.9 Å². The van der Waals surface area contributed by atoms with Crippen LogP contribution in [0.2, 0.25) is 0 Å². The van der Waals surface area contributed by atoms with Gasteiger partial charge in [0.15, 0.2) is 6.61 Å². The molecule has 0 amide bonds. The summed E-state index contributed by atoms with van der Waals surface area (Å²) in [6.45, 7) is 7.98. The molecular weight excluding hydrogens is 200 g/mol. The van der Waals surface area contributed by atoms with E-state index in [1.54, 1.807) is 0 Å². The molecule has 0 aliphatic rings. The van der Waals surface area contributed by atoms with E-state index in [1.807, 2.05) is 20.8 Å². The summed E-state index contributed by atoms with van der Waals surface area (Å²) in [6, 6.07) is 0. The molecule has 0 saturated heterocycles. The maximum Gasteiger partial charge on any atom is 0.319 e. The highest BCUT2D eigenvalue weighted by molar-refractivity contribution is 5.65. The molecule has 0 atom stereocenters. The molecule has 0 spiro atoms. The van der Waals surface area contributed by atoms with Gasteiger partial charge in [-0.2, -0.15) is 0 Å². The van der Waals surface area contributed by atoms with Crippen LogP contribution in [-0.4, -0.2) is 38.4 Å². The Morgan fingerprint density at radius 1 is 1.00 bits per heavy atom. The smallest absolute Gasteiger partial charge is 0.319 e. The lowest BCUT2D eigenvalue weighted by Crippen LogP contribution is -2.44. The summed E-state index contributed by atoms with van der Waals surface area (Å²) in [4.78, 5) is 10.7. The second-order valence-corrected chi connectivity index (χ2v) is 2.76. The van der Waals surface area contributed by atoms with Gasteiger partial charge in [0.25, 0.3) is 0 Å². The largest absolute Gasteiger partial charge is 0.457 e. The summed E-state index contributed by atoms with van der Waals surface area (Å²) >= 11 is 0. The maximum atomic E-state index is 10.7. The molecule has 0 heterocycles. The van der Waals surface area contributed by atoms with E-state index in [0.29, 0.717) is 19.8 Å². The Hall–Kier alpha value is -0.650. The summed E-state index contributed by atoms with van der Waals surface area (Å²) in [5.74, 6) is -1.65. The van der Waals surface area contributed by atoms with Crippen LogP contribution in [0, 0.1) is 0 Å². The fourth-order valence-electron chi connectivity index (χ4n) is 1.10. The van der Waals surface area contributed by atoms with Crippen molar-refractivity contribution in [3.05, 3.63) is 0 Å². The summed E-state index contributed by atoms with van der Waals surface area (Å²) in [5, 5.41) is 0. The zero-order valence-electron chi connectivity index (χ0n) is 9.87. The molecule has 5 nitrogen and oxygen atoms in total. The van der Waals surface area contributed by atoms with Crippen molar-refractivity contribution in [3.8, 4) is 0 Å². The Morgan fingerprint density at radius 3 is 1.67 bits per heavy atom. The van der Waals surface area contributed by atoms with Crippen LogP contribution >= 0.6 is 0 Å². The van der Waals surface area contributed by atoms with E-state index in [1.165, 1.54) is 6.92 Å². The van der Waals surface area contributed by atoms with Gasteiger partial charge in [-0.1, -0.05) is 0 Å². The average Bonchev–Trinajstić information content (AvgIpc) is 2.16. The van der Waals surface area contributed by atoms with Crippen LogP contribution in [0.15, 0.2) is 0 Å². The minimum Gasteiger partial charge on any atom is -0.457 e. The highest BCUT2D eigenvalue weighted by atomic mass is 16.9. The molecule has 0 radical (unpaired) electrons. The van der Waals surface area contributed by atoms with Gasteiger partial charge >= 0.3 is 11.9 Å². The third kappa shape index (κ3) is 5.71. The summed E-state index contributed by atoms with van der Waals surface area (Å²) in [5.41, 5.74) is 0. The third-order valence-corrected chi connectivity index (χ3v) is 1.54. The summed E-state index contributed by atoms with van der Waals surface area (Å²) < 4.78 is 20.9. The van der Waals surface area contributed by atoms with E-state index in [4.69, 9.17) is 18.9 Å². The number of ether oxygens (including phenoxy) is 4. The lowest BCUT2D eigenvalue weighted by molar-refractivity contribution is -0.387. The van der Waals surface area contributed by atoms with Gasteiger partial charge < -0.3 is 18.9 Å². The van der Waals surface area contributed by atoms with Crippen molar-refractivity contribution in [3.63, 3.8) is 0 Å². The summed E-state index contributed by atoms with van der Waals surface area (Å²) in [6.07, 6.45) is 0. The first kappa shape index (κ1) is 14.3. The number of hydrogen-bond donors (Lipinski definition) is 0. The Kier molecular flexibility index (Phi) is 7.29. The number of rotatable bonds is 8. The number of esters is 1. The quantitative estimate of drug-likeness (QED) is 0.456. The first-order valence-electron chi connectivity index (χ1n) is 5.15. The molecule has 15 heavy (non-hydrogen) atoms. The lowest BCUT2D eigenvalue weighted by atomic mass is 10.5. The normalized spacial score (nSPS) is 11.5. The van der Waals surface area contributed by atoms with Gasteiger partial charge in [0.1, 0.15) is 0 Å². The fraction of sp³-hybridized carbons (Fsp3) is 0.900. The van der Waals surface area contributed by atoms with Gasteiger partial charge in [0.05, 0.1) is 0 Å². The molecule has 0 saturated carbocycles. The zero-order chi connectivity index (χ0) is 11.7. The molecule has 0 rings (SSSR count). The van der Waals surface area contributed by atoms with Crippen LogP contribution in [0.3, 0.4) is 0 Å². The Morgan fingerprint density at radius 2 is 1.40 bits per heavy atom. The molecule has 0 aromatic heterocycles. The van der Waals surface area contributed by atoms with E-state index in [9.17, 15) is 4.79 Å². The molecular formula is C10H20O5. The molecule has 0 aromatic rings. The third-order valence-electron chi connectivity index (χ3n) is 1.54. The number of carbonyl (C=O) groups excluding carboxylic acids is 1. The predicted molar refractivity (Wildman–Crippen MR) is 54.2 cm³/mol. The fourth-order valence-corrected chi connectivity index (χ4v) is 1.10. The van der Waals surface area contributed by atoms with Crippen molar-refractivity contribution in [1.29, 1.82) is 0 Å². The van der Waals surface area contributed by atoms with E-state index in [-0.39, 0.29) is 6.61 Å². The van der Waals surface area contributed by atoms with Crippen LogP contribution in [0.5, 0.6) is 0 Å². The van der Waals surface area contributed by atoms with Crippen molar-refractivity contribution in [2.24, 2.45) is 0 Å². The molecule has 0 aromatic carbocycles. The predicted octanol–water partition coefficient (Wildman–Crippen LogP) is 1.31. The van der Waals surface area contributed by atoms with Crippen molar-refractivity contribution < 1.29 is 23.7 Å². The molecule has 5 heteroatoms.